The van der Waals surface area contributed by atoms with Gasteiger partial charge in [0.05, 0.1) is 6.61 Å². The van der Waals surface area contributed by atoms with Crippen LogP contribution in [0.5, 0.6) is 11.5 Å². The molecule has 0 heterocycles. The Morgan fingerprint density at radius 1 is 1.25 bits per heavy atom. The summed E-state index contributed by atoms with van der Waals surface area (Å²) in [5, 5.41) is 8.99. The van der Waals surface area contributed by atoms with Crippen molar-refractivity contribution in [1.82, 2.24) is 0 Å². The van der Waals surface area contributed by atoms with Crippen LogP contribution in [0.1, 0.15) is 5.56 Å². The predicted molar refractivity (Wildman–Crippen MR) is 50.5 cm³/mol. The number of aromatic hydroxyl groups is 1. The summed E-state index contributed by atoms with van der Waals surface area (Å²) < 4.78 is 47.1. The smallest absolute Gasteiger partial charge is 0.420 e. The van der Waals surface area contributed by atoms with Crippen molar-refractivity contribution >= 4 is 0 Å². The molecule has 0 atom stereocenters. The van der Waals surface area contributed by atoms with E-state index in [2.05, 4.69) is 4.74 Å². The van der Waals surface area contributed by atoms with Crippen molar-refractivity contribution in [3.63, 3.8) is 0 Å². The van der Waals surface area contributed by atoms with Crippen LogP contribution < -0.4 is 4.74 Å². The van der Waals surface area contributed by atoms with Gasteiger partial charge in [-0.1, -0.05) is 0 Å². The second-order valence-corrected chi connectivity index (χ2v) is 3.02. The van der Waals surface area contributed by atoms with Gasteiger partial charge in [-0.05, 0) is 18.2 Å². The summed E-state index contributed by atoms with van der Waals surface area (Å²) in [7, 11) is 1.42. The van der Waals surface area contributed by atoms with Crippen molar-refractivity contribution < 1.29 is 27.8 Å². The number of rotatable bonds is 4. The predicted octanol–water partition coefficient (Wildman–Crippen LogP) is 2.44. The third-order valence-electron chi connectivity index (χ3n) is 1.81. The summed E-state index contributed by atoms with van der Waals surface area (Å²) in [4.78, 5) is 0. The van der Waals surface area contributed by atoms with Crippen LogP contribution in [-0.2, 0) is 10.9 Å². The molecule has 0 unspecified atom stereocenters. The minimum atomic E-state index is -4.55. The Labute approximate surface area is 90.4 Å². The minimum Gasteiger partial charge on any atom is -0.508 e. The number of alkyl halides is 3. The normalized spacial score (nSPS) is 11.5. The fraction of sp³-hybridized carbons (Fsp3) is 0.400. The van der Waals surface area contributed by atoms with E-state index in [0.717, 1.165) is 12.1 Å². The lowest BCUT2D eigenvalue weighted by Gasteiger charge is -2.13. The Morgan fingerprint density at radius 3 is 2.50 bits per heavy atom. The standard InChI is InChI=1S/C10H11F3O3/c1-15-4-5-16-9-3-2-7(14)6-8(9)10(11,12)13/h2-3,6,14H,4-5H2,1H3. The first kappa shape index (κ1) is 12.6. The number of halogens is 3. The maximum Gasteiger partial charge on any atom is 0.420 e. The van der Waals surface area contributed by atoms with Crippen LogP contribution >= 0.6 is 0 Å². The third kappa shape index (κ3) is 3.30. The maximum atomic E-state index is 12.5. The molecule has 0 aliphatic heterocycles. The van der Waals surface area contributed by atoms with E-state index in [4.69, 9.17) is 9.84 Å². The number of phenols is 1. The lowest BCUT2D eigenvalue weighted by molar-refractivity contribution is -0.139. The molecule has 3 nitrogen and oxygen atoms in total. The van der Waals surface area contributed by atoms with Gasteiger partial charge in [0.15, 0.2) is 0 Å². The monoisotopic (exact) mass is 236 g/mol. The number of ether oxygens (including phenoxy) is 2. The van der Waals surface area contributed by atoms with Gasteiger partial charge in [0.2, 0.25) is 0 Å². The van der Waals surface area contributed by atoms with Crippen LogP contribution in [0.25, 0.3) is 0 Å². The van der Waals surface area contributed by atoms with Crippen LogP contribution in [0.4, 0.5) is 13.2 Å². The molecule has 0 radical (unpaired) electrons. The highest BCUT2D eigenvalue weighted by atomic mass is 19.4. The molecule has 1 rings (SSSR count). The molecule has 1 aromatic rings. The van der Waals surface area contributed by atoms with E-state index in [-0.39, 0.29) is 19.0 Å². The topological polar surface area (TPSA) is 38.7 Å². The lowest BCUT2D eigenvalue weighted by Crippen LogP contribution is -2.11. The molecule has 0 amide bonds. The molecule has 0 bridgehead atoms. The van der Waals surface area contributed by atoms with Crippen LogP contribution in [-0.4, -0.2) is 25.4 Å². The number of methoxy groups -OCH3 is 1. The highest BCUT2D eigenvalue weighted by molar-refractivity contribution is 5.41. The summed E-state index contributed by atoms with van der Waals surface area (Å²) in [6, 6.07) is 2.84. The SMILES string of the molecule is COCCOc1ccc(O)cc1C(F)(F)F. The van der Waals surface area contributed by atoms with Crippen LogP contribution in [0, 0.1) is 0 Å². The van der Waals surface area contributed by atoms with E-state index in [9.17, 15) is 13.2 Å². The Bertz CT molecular complexity index is 350. The van der Waals surface area contributed by atoms with Crippen LogP contribution in [0.3, 0.4) is 0 Å². The Kier molecular flexibility index (Phi) is 4.00. The van der Waals surface area contributed by atoms with Gasteiger partial charge in [0.1, 0.15) is 23.7 Å². The number of hydrogen-bond acceptors (Lipinski definition) is 3. The van der Waals surface area contributed by atoms with E-state index in [1.807, 2.05) is 0 Å². The van der Waals surface area contributed by atoms with Crippen molar-refractivity contribution in [3.8, 4) is 11.5 Å². The molecule has 90 valence electrons. The second-order valence-electron chi connectivity index (χ2n) is 3.02. The van der Waals surface area contributed by atoms with E-state index in [1.54, 1.807) is 0 Å². The molecule has 0 aromatic heterocycles. The fourth-order valence-electron chi connectivity index (χ4n) is 1.10. The highest BCUT2D eigenvalue weighted by Gasteiger charge is 2.34. The summed E-state index contributed by atoms with van der Waals surface area (Å²) in [6.45, 7) is 0.211. The fourth-order valence-corrected chi connectivity index (χ4v) is 1.10. The highest BCUT2D eigenvalue weighted by Crippen LogP contribution is 2.38. The van der Waals surface area contributed by atoms with Crippen molar-refractivity contribution in [2.24, 2.45) is 0 Å². The molecule has 0 fully saturated rings. The zero-order valence-corrected chi connectivity index (χ0v) is 8.54. The molecule has 1 aromatic carbocycles. The van der Waals surface area contributed by atoms with E-state index in [1.165, 1.54) is 7.11 Å². The first-order chi connectivity index (χ1) is 7.45. The zero-order chi connectivity index (χ0) is 12.2. The van der Waals surface area contributed by atoms with Crippen molar-refractivity contribution in [1.29, 1.82) is 0 Å². The Hall–Kier alpha value is -1.43. The summed E-state index contributed by atoms with van der Waals surface area (Å²) in [6.07, 6.45) is -4.55. The minimum absolute atomic E-state index is 0.0182. The molecule has 0 spiro atoms. The number of hydrogen-bond donors (Lipinski definition) is 1. The van der Waals surface area contributed by atoms with Gasteiger partial charge < -0.3 is 14.6 Å². The number of benzene rings is 1. The van der Waals surface area contributed by atoms with Gasteiger partial charge in [-0.2, -0.15) is 13.2 Å². The van der Waals surface area contributed by atoms with Gasteiger partial charge in [-0.25, -0.2) is 0 Å². The molecule has 16 heavy (non-hydrogen) atoms. The molecule has 6 heteroatoms. The van der Waals surface area contributed by atoms with Crippen molar-refractivity contribution in [3.05, 3.63) is 23.8 Å². The van der Waals surface area contributed by atoms with Gasteiger partial charge >= 0.3 is 6.18 Å². The van der Waals surface area contributed by atoms with E-state index in [0.29, 0.717) is 6.07 Å². The second kappa shape index (κ2) is 5.07. The number of phenolic OH excluding ortho intramolecular Hbond substituents is 1. The molecular weight excluding hydrogens is 225 g/mol. The first-order valence-electron chi connectivity index (χ1n) is 4.47. The van der Waals surface area contributed by atoms with Gasteiger partial charge in [-0.3, -0.25) is 0 Å². The third-order valence-corrected chi connectivity index (χ3v) is 1.81. The van der Waals surface area contributed by atoms with E-state index >= 15 is 0 Å². The molecule has 0 saturated carbocycles. The molecule has 0 saturated heterocycles. The zero-order valence-electron chi connectivity index (χ0n) is 8.54. The van der Waals surface area contributed by atoms with Crippen molar-refractivity contribution in [2.45, 2.75) is 6.18 Å². The van der Waals surface area contributed by atoms with Gasteiger partial charge in [0.25, 0.3) is 0 Å². The summed E-state index contributed by atoms with van der Waals surface area (Å²) in [5.41, 5.74) is -0.997. The average Bonchev–Trinajstić information content (AvgIpc) is 2.19. The van der Waals surface area contributed by atoms with Gasteiger partial charge in [0, 0.05) is 7.11 Å². The lowest BCUT2D eigenvalue weighted by atomic mass is 10.2. The molecular formula is C10H11F3O3. The van der Waals surface area contributed by atoms with Crippen LogP contribution in [0.15, 0.2) is 18.2 Å². The quantitative estimate of drug-likeness (QED) is 0.816. The van der Waals surface area contributed by atoms with Gasteiger partial charge in [-0.15, -0.1) is 0 Å². The largest absolute Gasteiger partial charge is 0.508 e. The van der Waals surface area contributed by atoms with E-state index < -0.39 is 17.5 Å². The molecule has 1 N–H and O–H groups in total. The van der Waals surface area contributed by atoms with Crippen LogP contribution in [0.2, 0.25) is 0 Å². The summed E-state index contributed by atoms with van der Waals surface area (Å²) >= 11 is 0. The maximum absolute atomic E-state index is 12.5. The molecule has 0 aliphatic carbocycles. The van der Waals surface area contributed by atoms with Crippen molar-refractivity contribution in [2.75, 3.05) is 20.3 Å². The molecule has 0 aliphatic rings. The summed E-state index contributed by atoms with van der Waals surface area (Å²) in [5.74, 6) is -0.770. The average molecular weight is 236 g/mol. The Morgan fingerprint density at radius 2 is 1.94 bits per heavy atom. The Balaban J connectivity index is 2.90. The first-order valence-corrected chi connectivity index (χ1v) is 4.47.